The predicted molar refractivity (Wildman–Crippen MR) is 65.0 cm³/mol. The highest BCUT2D eigenvalue weighted by molar-refractivity contribution is 7.55. The Balaban J connectivity index is 3.09. The molecule has 108 valence electrons. The van der Waals surface area contributed by atoms with Crippen LogP contribution in [0.2, 0.25) is 0 Å². The van der Waals surface area contributed by atoms with Crippen LogP contribution >= 0.6 is 7.60 Å². The van der Waals surface area contributed by atoms with Gasteiger partial charge in [-0.05, 0) is 31.5 Å². The van der Waals surface area contributed by atoms with E-state index < -0.39 is 19.4 Å². The minimum absolute atomic E-state index is 0.111. The number of pyridine rings is 1. The van der Waals surface area contributed by atoms with Gasteiger partial charge in [0.2, 0.25) is 0 Å². The van der Waals surface area contributed by atoms with Crippen molar-refractivity contribution in [1.29, 1.82) is 0 Å². The van der Waals surface area contributed by atoms with Crippen molar-refractivity contribution >= 4 is 7.60 Å². The SMILES string of the molecule is CCOP(=O)(OCC)C(F)(F)[C@H](O)c1ccncc1. The largest absolute Gasteiger partial charge is 0.402 e. The number of nitrogens with zero attached hydrogens (tertiary/aromatic N) is 1. The predicted octanol–water partition coefficient (Wildman–Crippen LogP) is 2.97. The maximum absolute atomic E-state index is 14.1. The molecule has 0 spiro atoms. The summed E-state index contributed by atoms with van der Waals surface area (Å²) in [5.74, 6) is 0. The molecule has 5 nitrogen and oxygen atoms in total. The van der Waals surface area contributed by atoms with Crippen molar-refractivity contribution in [1.82, 2.24) is 4.98 Å². The molecule has 0 saturated heterocycles. The second-order valence-electron chi connectivity index (χ2n) is 3.60. The number of aromatic nitrogens is 1. The van der Waals surface area contributed by atoms with Gasteiger partial charge in [-0.2, -0.15) is 8.78 Å². The first kappa shape index (κ1) is 16.2. The van der Waals surface area contributed by atoms with Gasteiger partial charge in [0.15, 0.2) is 6.10 Å². The molecule has 0 fully saturated rings. The van der Waals surface area contributed by atoms with Crippen LogP contribution in [-0.4, -0.2) is 29.0 Å². The molecule has 0 aromatic carbocycles. The van der Waals surface area contributed by atoms with E-state index in [1.807, 2.05) is 0 Å². The number of halogens is 2. The molecule has 1 N–H and O–H groups in total. The number of alkyl halides is 2. The number of hydrogen-bond donors (Lipinski definition) is 1. The van der Waals surface area contributed by atoms with Crippen LogP contribution in [0.15, 0.2) is 24.5 Å². The minimum Gasteiger partial charge on any atom is -0.381 e. The Morgan fingerprint density at radius 1 is 1.32 bits per heavy atom. The molecular weight excluding hydrogens is 279 g/mol. The summed E-state index contributed by atoms with van der Waals surface area (Å²) in [5.41, 5.74) is -4.15. The smallest absolute Gasteiger partial charge is 0.381 e. The first-order chi connectivity index (χ1) is 8.89. The number of rotatable bonds is 7. The van der Waals surface area contributed by atoms with E-state index in [0.717, 1.165) is 0 Å². The van der Waals surface area contributed by atoms with Gasteiger partial charge in [0, 0.05) is 12.4 Å². The summed E-state index contributed by atoms with van der Waals surface area (Å²) in [7, 11) is -4.75. The lowest BCUT2D eigenvalue weighted by Crippen LogP contribution is -2.28. The van der Waals surface area contributed by atoms with Gasteiger partial charge in [-0.3, -0.25) is 9.55 Å². The van der Waals surface area contributed by atoms with Crippen LogP contribution in [0.25, 0.3) is 0 Å². The van der Waals surface area contributed by atoms with E-state index in [1.165, 1.54) is 38.4 Å². The van der Waals surface area contributed by atoms with Crippen LogP contribution in [0.3, 0.4) is 0 Å². The molecular formula is C11H16F2NO4P. The van der Waals surface area contributed by atoms with Crippen LogP contribution in [0, 0.1) is 0 Å². The van der Waals surface area contributed by atoms with Gasteiger partial charge in [0.05, 0.1) is 13.2 Å². The molecule has 0 radical (unpaired) electrons. The van der Waals surface area contributed by atoms with Crippen LogP contribution in [-0.2, 0) is 13.6 Å². The van der Waals surface area contributed by atoms with Crippen molar-refractivity contribution in [3.63, 3.8) is 0 Å². The monoisotopic (exact) mass is 295 g/mol. The van der Waals surface area contributed by atoms with Crippen LogP contribution in [0.5, 0.6) is 0 Å². The minimum atomic E-state index is -4.75. The molecule has 1 aromatic rings. The van der Waals surface area contributed by atoms with Crippen molar-refractivity contribution < 1.29 is 27.5 Å². The molecule has 1 aromatic heterocycles. The highest BCUT2D eigenvalue weighted by Crippen LogP contribution is 2.65. The maximum Gasteiger partial charge on any atom is 0.402 e. The van der Waals surface area contributed by atoms with E-state index in [9.17, 15) is 18.5 Å². The molecule has 19 heavy (non-hydrogen) atoms. The zero-order chi connectivity index (χ0) is 14.5. The molecule has 8 heteroatoms. The lowest BCUT2D eigenvalue weighted by Gasteiger charge is -2.29. The van der Waals surface area contributed by atoms with E-state index in [-0.39, 0.29) is 18.8 Å². The third kappa shape index (κ3) is 3.36. The molecule has 1 atom stereocenters. The van der Waals surface area contributed by atoms with E-state index in [2.05, 4.69) is 14.0 Å². The molecule has 0 unspecified atom stereocenters. The Hall–Kier alpha value is -0.880. The van der Waals surface area contributed by atoms with E-state index in [0.29, 0.717) is 0 Å². The second-order valence-corrected chi connectivity index (χ2v) is 5.71. The lowest BCUT2D eigenvalue weighted by molar-refractivity contribution is -0.0676. The van der Waals surface area contributed by atoms with Crippen molar-refractivity contribution in [3.05, 3.63) is 30.1 Å². The maximum atomic E-state index is 14.1. The summed E-state index contributed by atoms with van der Waals surface area (Å²) < 4.78 is 49.5. The fourth-order valence-corrected chi connectivity index (χ4v) is 2.99. The van der Waals surface area contributed by atoms with E-state index >= 15 is 0 Å². The Kier molecular flexibility index (Phi) is 5.55. The summed E-state index contributed by atoms with van der Waals surface area (Å²) in [6, 6.07) is 2.42. The van der Waals surface area contributed by atoms with E-state index in [1.54, 1.807) is 0 Å². The summed E-state index contributed by atoms with van der Waals surface area (Å²) >= 11 is 0. The van der Waals surface area contributed by atoms with Crippen LogP contribution < -0.4 is 0 Å². The molecule has 0 amide bonds. The van der Waals surface area contributed by atoms with Gasteiger partial charge < -0.3 is 14.2 Å². The lowest BCUT2D eigenvalue weighted by atomic mass is 10.1. The summed E-state index contributed by atoms with van der Waals surface area (Å²) in [6.45, 7) is 2.41. The summed E-state index contributed by atoms with van der Waals surface area (Å²) in [6.07, 6.45) is 0.210. The quantitative estimate of drug-likeness (QED) is 0.783. The molecule has 0 bridgehead atoms. The Bertz CT molecular complexity index is 434. The topological polar surface area (TPSA) is 68.7 Å². The van der Waals surface area contributed by atoms with Gasteiger partial charge in [-0.15, -0.1) is 0 Å². The second kappa shape index (κ2) is 6.52. The van der Waals surface area contributed by atoms with Gasteiger partial charge >= 0.3 is 13.3 Å². The fourth-order valence-electron chi connectivity index (χ4n) is 1.45. The first-order valence-electron chi connectivity index (χ1n) is 5.74. The van der Waals surface area contributed by atoms with Crippen molar-refractivity contribution in [2.75, 3.05) is 13.2 Å². The van der Waals surface area contributed by atoms with Crippen LogP contribution in [0.4, 0.5) is 8.78 Å². The Morgan fingerprint density at radius 2 is 1.79 bits per heavy atom. The third-order valence-electron chi connectivity index (χ3n) is 2.31. The van der Waals surface area contributed by atoms with Gasteiger partial charge in [0.1, 0.15) is 0 Å². The van der Waals surface area contributed by atoms with Crippen molar-refractivity contribution in [3.8, 4) is 0 Å². The van der Waals surface area contributed by atoms with Gasteiger partial charge in [0.25, 0.3) is 0 Å². The highest BCUT2D eigenvalue weighted by Gasteiger charge is 2.59. The zero-order valence-corrected chi connectivity index (χ0v) is 11.5. The normalized spacial score (nSPS) is 14.4. The Morgan fingerprint density at radius 3 is 2.21 bits per heavy atom. The van der Waals surface area contributed by atoms with Gasteiger partial charge in [-0.25, -0.2) is 0 Å². The zero-order valence-electron chi connectivity index (χ0n) is 10.6. The molecule has 0 aliphatic heterocycles. The molecule has 0 saturated carbocycles. The van der Waals surface area contributed by atoms with Crippen molar-refractivity contribution in [2.24, 2.45) is 0 Å². The van der Waals surface area contributed by atoms with E-state index in [4.69, 9.17) is 0 Å². The average molecular weight is 295 g/mol. The summed E-state index contributed by atoms with van der Waals surface area (Å²) in [4.78, 5) is 3.66. The molecule has 0 aliphatic rings. The standard InChI is InChI=1S/C11H16F2NO4P/c1-3-17-19(16,18-4-2)11(12,13)10(15)9-5-7-14-8-6-9/h5-8,10,15H,3-4H2,1-2H3/t10-/m1/s1. The highest BCUT2D eigenvalue weighted by atomic mass is 31.2. The van der Waals surface area contributed by atoms with Gasteiger partial charge in [-0.1, -0.05) is 0 Å². The third-order valence-corrected chi connectivity index (χ3v) is 4.49. The first-order valence-corrected chi connectivity index (χ1v) is 7.28. The Labute approximate surface area is 110 Å². The molecule has 1 rings (SSSR count). The summed E-state index contributed by atoms with van der Waals surface area (Å²) in [5, 5.41) is 9.73. The molecule has 1 heterocycles. The number of aliphatic hydroxyl groups excluding tert-OH is 1. The van der Waals surface area contributed by atoms with Crippen molar-refractivity contribution in [2.45, 2.75) is 25.6 Å². The number of aliphatic hydroxyl groups is 1. The average Bonchev–Trinajstić information content (AvgIpc) is 2.39. The fraction of sp³-hybridized carbons (Fsp3) is 0.545. The van der Waals surface area contributed by atoms with Crippen LogP contribution in [0.1, 0.15) is 25.5 Å². The molecule has 0 aliphatic carbocycles. The number of hydrogen-bond acceptors (Lipinski definition) is 5.